The molecule has 0 saturated heterocycles. The van der Waals surface area contributed by atoms with E-state index in [9.17, 15) is 8.42 Å². The molecule has 0 unspecified atom stereocenters. The second-order valence-corrected chi connectivity index (χ2v) is 11.6. The number of thiophene rings is 1. The molecule has 1 aromatic rings. The van der Waals surface area contributed by atoms with Gasteiger partial charge in [0.15, 0.2) is 5.96 Å². The molecule has 0 radical (unpaired) electrons. The molecule has 2 N–H and O–H groups in total. The summed E-state index contributed by atoms with van der Waals surface area (Å²) in [5.41, 5.74) is 0.377. The van der Waals surface area contributed by atoms with Crippen LogP contribution in [0.3, 0.4) is 0 Å². The lowest BCUT2D eigenvalue weighted by Crippen LogP contribution is -2.43. The number of hydrogen-bond donors (Lipinski definition) is 2. The topological polar surface area (TPSA) is 73.8 Å². The summed E-state index contributed by atoms with van der Waals surface area (Å²) < 4.78 is 26.0. The molecule has 1 aliphatic rings. The van der Waals surface area contributed by atoms with Gasteiger partial charge >= 0.3 is 0 Å². The number of nitrogens with zero attached hydrogens (tertiary/aromatic N) is 2. The third-order valence-corrected chi connectivity index (χ3v) is 8.53. The van der Waals surface area contributed by atoms with Crippen molar-refractivity contribution in [1.82, 2.24) is 14.9 Å². The van der Waals surface area contributed by atoms with Crippen LogP contribution in [-0.4, -0.2) is 46.4 Å². The van der Waals surface area contributed by atoms with Crippen molar-refractivity contribution in [2.75, 3.05) is 27.7 Å². The van der Waals surface area contributed by atoms with Gasteiger partial charge in [-0.25, -0.2) is 12.7 Å². The fourth-order valence-corrected chi connectivity index (χ4v) is 6.34. The first-order chi connectivity index (χ1) is 12.7. The van der Waals surface area contributed by atoms with Gasteiger partial charge in [0.1, 0.15) is 4.21 Å². The molecule has 1 aromatic heterocycles. The van der Waals surface area contributed by atoms with Crippen molar-refractivity contribution >= 4 is 27.3 Å². The van der Waals surface area contributed by atoms with Gasteiger partial charge in [0.05, 0.1) is 6.54 Å². The van der Waals surface area contributed by atoms with Crippen molar-refractivity contribution in [2.24, 2.45) is 16.3 Å². The van der Waals surface area contributed by atoms with Crippen LogP contribution in [0.4, 0.5) is 0 Å². The van der Waals surface area contributed by atoms with E-state index in [1.54, 1.807) is 27.2 Å². The molecule has 0 amide bonds. The lowest BCUT2D eigenvalue weighted by molar-refractivity contribution is 0.235. The highest BCUT2D eigenvalue weighted by Gasteiger charge is 2.34. The maximum Gasteiger partial charge on any atom is 0.252 e. The zero-order valence-electron chi connectivity index (χ0n) is 17.2. The molecule has 154 valence electrons. The molecule has 0 spiro atoms. The van der Waals surface area contributed by atoms with Crippen LogP contribution >= 0.6 is 11.3 Å². The summed E-state index contributed by atoms with van der Waals surface area (Å²) in [6.45, 7) is 6.09. The summed E-state index contributed by atoms with van der Waals surface area (Å²) in [6.07, 6.45) is 6.45. The predicted molar refractivity (Wildman–Crippen MR) is 114 cm³/mol. The minimum Gasteiger partial charge on any atom is -0.356 e. The summed E-state index contributed by atoms with van der Waals surface area (Å²) in [4.78, 5) is 5.30. The molecule has 6 nitrogen and oxygen atoms in total. The Morgan fingerprint density at radius 1 is 1.26 bits per heavy atom. The van der Waals surface area contributed by atoms with Crippen molar-refractivity contribution in [2.45, 2.75) is 56.7 Å². The van der Waals surface area contributed by atoms with Gasteiger partial charge in [0, 0.05) is 32.6 Å². The molecule has 0 aromatic carbocycles. The Balaban J connectivity index is 1.92. The Hall–Kier alpha value is -1.12. The third kappa shape index (κ3) is 5.93. The van der Waals surface area contributed by atoms with E-state index in [1.165, 1.54) is 47.7 Å². The highest BCUT2D eigenvalue weighted by Crippen LogP contribution is 2.42. The first kappa shape index (κ1) is 22.2. The maximum atomic E-state index is 12.2. The van der Waals surface area contributed by atoms with E-state index in [2.05, 4.69) is 29.5 Å². The van der Waals surface area contributed by atoms with Crippen molar-refractivity contribution in [1.29, 1.82) is 0 Å². The van der Waals surface area contributed by atoms with E-state index < -0.39 is 10.0 Å². The van der Waals surface area contributed by atoms with Gasteiger partial charge in [0.2, 0.25) is 0 Å². The molecular weight excluding hydrogens is 380 g/mol. The molecule has 1 heterocycles. The van der Waals surface area contributed by atoms with Crippen LogP contribution in [0, 0.1) is 11.3 Å². The first-order valence-electron chi connectivity index (χ1n) is 9.64. The quantitative estimate of drug-likeness (QED) is 0.506. The molecule has 1 saturated carbocycles. The lowest BCUT2D eigenvalue weighted by atomic mass is 9.78. The zero-order valence-corrected chi connectivity index (χ0v) is 18.8. The van der Waals surface area contributed by atoms with E-state index in [1.807, 2.05) is 6.07 Å². The van der Waals surface area contributed by atoms with Gasteiger partial charge in [-0.15, -0.1) is 11.3 Å². The Bertz CT molecular complexity index is 733. The SMILES string of the molecule is CN=C(NCc1ccc(S(=O)(=O)N(C)C)s1)NCC1(CC(C)C)CCCC1. The Morgan fingerprint density at radius 3 is 2.48 bits per heavy atom. The van der Waals surface area contributed by atoms with E-state index in [4.69, 9.17) is 0 Å². The number of rotatable bonds is 8. The van der Waals surface area contributed by atoms with Crippen LogP contribution in [0.25, 0.3) is 0 Å². The van der Waals surface area contributed by atoms with Crippen LogP contribution in [0.2, 0.25) is 0 Å². The molecule has 0 bridgehead atoms. The van der Waals surface area contributed by atoms with Gasteiger partial charge in [0.25, 0.3) is 10.0 Å². The highest BCUT2D eigenvalue weighted by molar-refractivity contribution is 7.91. The fourth-order valence-electron chi connectivity index (χ4n) is 3.88. The second kappa shape index (κ2) is 9.39. The van der Waals surface area contributed by atoms with Crippen molar-refractivity contribution in [3.63, 3.8) is 0 Å². The molecular formula is C19H34N4O2S2. The van der Waals surface area contributed by atoms with Gasteiger partial charge in [-0.1, -0.05) is 26.7 Å². The number of sulfonamides is 1. The fraction of sp³-hybridized carbons (Fsp3) is 0.737. The summed E-state index contributed by atoms with van der Waals surface area (Å²) in [5, 5.41) is 6.82. The number of nitrogens with one attached hydrogen (secondary N) is 2. The maximum absolute atomic E-state index is 12.2. The smallest absolute Gasteiger partial charge is 0.252 e. The Labute approximate surface area is 168 Å². The van der Waals surface area contributed by atoms with Gasteiger partial charge < -0.3 is 10.6 Å². The minimum atomic E-state index is -3.36. The second-order valence-electron chi connectivity index (χ2n) is 8.09. The molecule has 0 atom stereocenters. The average molecular weight is 415 g/mol. The van der Waals surface area contributed by atoms with E-state index in [-0.39, 0.29) is 0 Å². The van der Waals surface area contributed by atoms with E-state index in [0.29, 0.717) is 22.1 Å². The van der Waals surface area contributed by atoms with Crippen molar-refractivity contribution < 1.29 is 8.42 Å². The van der Waals surface area contributed by atoms with Gasteiger partial charge in [-0.2, -0.15) is 0 Å². The molecule has 1 fully saturated rings. The zero-order chi connectivity index (χ0) is 20.1. The minimum absolute atomic E-state index is 0.370. The van der Waals surface area contributed by atoms with Crippen molar-refractivity contribution in [3.05, 3.63) is 17.0 Å². The van der Waals surface area contributed by atoms with E-state index in [0.717, 1.165) is 17.4 Å². The van der Waals surface area contributed by atoms with Gasteiger partial charge in [-0.05, 0) is 42.7 Å². The Morgan fingerprint density at radius 2 is 1.93 bits per heavy atom. The van der Waals surface area contributed by atoms with Crippen LogP contribution in [0.5, 0.6) is 0 Å². The molecule has 0 aliphatic heterocycles. The summed E-state index contributed by atoms with van der Waals surface area (Å²) >= 11 is 1.30. The summed E-state index contributed by atoms with van der Waals surface area (Å²) in [7, 11) is 1.51. The first-order valence-corrected chi connectivity index (χ1v) is 11.9. The molecule has 2 rings (SSSR count). The summed E-state index contributed by atoms with van der Waals surface area (Å²) in [6, 6.07) is 3.53. The van der Waals surface area contributed by atoms with Crippen LogP contribution in [0.1, 0.15) is 50.8 Å². The van der Waals surface area contributed by atoms with Crippen LogP contribution < -0.4 is 10.6 Å². The largest absolute Gasteiger partial charge is 0.356 e. The standard InChI is InChI=1S/C19H34N4O2S2/c1-15(2)12-19(10-6-7-11-19)14-22-18(20-3)21-13-16-8-9-17(26-16)27(24,25)23(4)5/h8-9,15H,6-7,10-14H2,1-5H3,(H2,20,21,22). The average Bonchev–Trinajstić information content (AvgIpc) is 3.24. The number of aliphatic imine (C=N–C) groups is 1. The monoisotopic (exact) mass is 414 g/mol. The molecule has 27 heavy (non-hydrogen) atoms. The van der Waals surface area contributed by atoms with Crippen LogP contribution in [-0.2, 0) is 16.6 Å². The van der Waals surface area contributed by atoms with Gasteiger partial charge in [-0.3, -0.25) is 4.99 Å². The Kier molecular flexibility index (Phi) is 7.71. The molecule has 8 heteroatoms. The molecule has 1 aliphatic carbocycles. The number of guanidine groups is 1. The predicted octanol–water partition coefficient (Wildman–Crippen LogP) is 3.27. The lowest BCUT2D eigenvalue weighted by Gasteiger charge is -2.31. The van der Waals surface area contributed by atoms with Crippen LogP contribution in [0.15, 0.2) is 21.3 Å². The third-order valence-electron chi connectivity index (χ3n) is 5.16. The normalized spacial score (nSPS) is 17.7. The van der Waals surface area contributed by atoms with E-state index >= 15 is 0 Å². The number of hydrogen-bond acceptors (Lipinski definition) is 4. The summed E-state index contributed by atoms with van der Waals surface area (Å²) in [5.74, 6) is 1.47. The van der Waals surface area contributed by atoms with Crippen molar-refractivity contribution in [3.8, 4) is 0 Å². The highest BCUT2D eigenvalue weighted by atomic mass is 32.2.